The van der Waals surface area contributed by atoms with Gasteiger partial charge < -0.3 is 5.32 Å². The first kappa shape index (κ1) is 13.4. The number of hydrazine groups is 1. The number of piperidine rings is 1. The van der Waals surface area contributed by atoms with Crippen molar-refractivity contribution in [1.29, 1.82) is 0 Å². The van der Waals surface area contributed by atoms with Crippen molar-refractivity contribution in [3.8, 4) is 0 Å². The molecule has 0 aromatic heterocycles. The van der Waals surface area contributed by atoms with E-state index in [4.69, 9.17) is 5.84 Å². The molecule has 1 aliphatic heterocycles. The fourth-order valence-electron chi connectivity index (χ4n) is 2.54. The summed E-state index contributed by atoms with van der Waals surface area (Å²) in [6.07, 6.45) is 3.03. The lowest BCUT2D eigenvalue weighted by atomic mass is 10.0. The van der Waals surface area contributed by atoms with E-state index in [-0.39, 0.29) is 11.9 Å². The van der Waals surface area contributed by atoms with Crippen molar-refractivity contribution in [2.75, 3.05) is 19.6 Å². The second-order valence-corrected chi connectivity index (χ2v) is 4.24. The highest BCUT2D eigenvalue weighted by Crippen LogP contribution is 2.16. The average molecular weight is 228 g/mol. The van der Waals surface area contributed by atoms with E-state index in [1.807, 2.05) is 6.92 Å². The Morgan fingerprint density at radius 3 is 2.56 bits per heavy atom. The molecule has 5 heteroatoms. The van der Waals surface area contributed by atoms with Crippen molar-refractivity contribution >= 4 is 5.91 Å². The molecule has 1 fully saturated rings. The van der Waals surface area contributed by atoms with Crippen LogP contribution in [0.2, 0.25) is 0 Å². The molecule has 4 N–H and O–H groups in total. The highest BCUT2D eigenvalue weighted by Gasteiger charge is 2.29. The number of nitrogens with two attached hydrogens (primary N) is 1. The van der Waals surface area contributed by atoms with Crippen LogP contribution in [0.15, 0.2) is 0 Å². The third-order valence-electron chi connectivity index (χ3n) is 3.37. The lowest BCUT2D eigenvalue weighted by Crippen LogP contribution is -2.54. The van der Waals surface area contributed by atoms with Gasteiger partial charge in [-0.05, 0) is 38.9 Å². The van der Waals surface area contributed by atoms with Crippen molar-refractivity contribution in [2.45, 2.75) is 45.2 Å². The molecule has 1 rings (SSSR count). The molecule has 1 saturated heterocycles. The summed E-state index contributed by atoms with van der Waals surface area (Å²) in [5.74, 6) is 5.17. The molecule has 5 nitrogen and oxygen atoms in total. The van der Waals surface area contributed by atoms with Gasteiger partial charge in [0.05, 0.1) is 6.04 Å². The van der Waals surface area contributed by atoms with Gasteiger partial charge in [-0.3, -0.25) is 15.1 Å². The zero-order valence-corrected chi connectivity index (χ0v) is 10.3. The van der Waals surface area contributed by atoms with E-state index in [1.165, 1.54) is 0 Å². The fraction of sp³-hybridized carbons (Fsp3) is 0.909. The Morgan fingerprint density at radius 1 is 1.50 bits per heavy atom. The maximum absolute atomic E-state index is 11.7. The second kappa shape index (κ2) is 6.83. The van der Waals surface area contributed by atoms with Gasteiger partial charge in [0, 0.05) is 6.04 Å². The van der Waals surface area contributed by atoms with Crippen LogP contribution in [-0.4, -0.2) is 42.5 Å². The minimum Gasteiger partial charge on any atom is -0.317 e. The molecule has 1 aliphatic rings. The van der Waals surface area contributed by atoms with Gasteiger partial charge in [0.25, 0.3) is 5.91 Å². The van der Waals surface area contributed by atoms with Crippen LogP contribution in [0.1, 0.15) is 33.1 Å². The van der Waals surface area contributed by atoms with Crippen LogP contribution in [0, 0.1) is 0 Å². The normalized spacial score (nSPS) is 19.8. The molecule has 0 spiro atoms. The van der Waals surface area contributed by atoms with Crippen LogP contribution in [0.25, 0.3) is 0 Å². The first-order valence-corrected chi connectivity index (χ1v) is 6.21. The van der Waals surface area contributed by atoms with Gasteiger partial charge in [-0.2, -0.15) is 0 Å². The summed E-state index contributed by atoms with van der Waals surface area (Å²) < 4.78 is 0. The third kappa shape index (κ3) is 3.17. The highest BCUT2D eigenvalue weighted by molar-refractivity contribution is 5.81. The van der Waals surface area contributed by atoms with Gasteiger partial charge in [-0.1, -0.05) is 13.8 Å². The largest absolute Gasteiger partial charge is 0.317 e. The van der Waals surface area contributed by atoms with Crippen LogP contribution >= 0.6 is 0 Å². The van der Waals surface area contributed by atoms with Gasteiger partial charge in [-0.15, -0.1) is 0 Å². The van der Waals surface area contributed by atoms with Crippen molar-refractivity contribution < 1.29 is 4.79 Å². The van der Waals surface area contributed by atoms with Gasteiger partial charge in [0.2, 0.25) is 0 Å². The van der Waals surface area contributed by atoms with E-state index in [0.29, 0.717) is 6.04 Å². The van der Waals surface area contributed by atoms with E-state index in [0.717, 1.165) is 38.9 Å². The maximum Gasteiger partial charge on any atom is 0.251 e. The standard InChI is InChI=1S/C11H24N4O/c1-3-10(11(16)14-12)15(4-2)9-5-7-13-8-6-9/h9-10,13H,3-8,12H2,1-2H3,(H,14,16). The Morgan fingerprint density at radius 2 is 2.12 bits per heavy atom. The maximum atomic E-state index is 11.7. The lowest BCUT2D eigenvalue weighted by molar-refractivity contribution is -0.127. The van der Waals surface area contributed by atoms with Gasteiger partial charge in [0.15, 0.2) is 0 Å². The summed E-state index contributed by atoms with van der Waals surface area (Å²) in [7, 11) is 0. The first-order valence-electron chi connectivity index (χ1n) is 6.21. The number of hydrogen-bond donors (Lipinski definition) is 3. The molecule has 1 unspecified atom stereocenters. The molecule has 0 aromatic rings. The van der Waals surface area contributed by atoms with E-state index in [2.05, 4.69) is 22.6 Å². The van der Waals surface area contributed by atoms with E-state index in [1.54, 1.807) is 0 Å². The number of carbonyl (C=O) groups excluding carboxylic acids is 1. The van der Waals surface area contributed by atoms with Gasteiger partial charge in [0.1, 0.15) is 0 Å². The molecule has 1 atom stereocenters. The zero-order chi connectivity index (χ0) is 12.0. The topological polar surface area (TPSA) is 70.4 Å². The van der Waals surface area contributed by atoms with Gasteiger partial charge in [-0.25, -0.2) is 5.84 Å². The predicted molar refractivity (Wildman–Crippen MR) is 64.7 cm³/mol. The van der Waals surface area contributed by atoms with E-state index < -0.39 is 0 Å². The molecular formula is C11H24N4O. The molecule has 16 heavy (non-hydrogen) atoms. The number of nitrogens with zero attached hydrogens (tertiary/aromatic N) is 1. The lowest BCUT2D eigenvalue weighted by Gasteiger charge is -2.38. The molecule has 0 aromatic carbocycles. The molecule has 0 aliphatic carbocycles. The Bertz CT molecular complexity index is 216. The monoisotopic (exact) mass is 228 g/mol. The fourth-order valence-corrected chi connectivity index (χ4v) is 2.54. The van der Waals surface area contributed by atoms with Crippen LogP contribution in [0.5, 0.6) is 0 Å². The van der Waals surface area contributed by atoms with Crippen LogP contribution in [0.4, 0.5) is 0 Å². The number of nitrogens with one attached hydrogen (secondary N) is 2. The smallest absolute Gasteiger partial charge is 0.251 e. The molecule has 1 amide bonds. The quantitative estimate of drug-likeness (QED) is 0.347. The van der Waals surface area contributed by atoms with Crippen molar-refractivity contribution in [1.82, 2.24) is 15.6 Å². The summed E-state index contributed by atoms with van der Waals surface area (Å²) in [4.78, 5) is 14.0. The molecule has 0 bridgehead atoms. The molecule has 1 heterocycles. The summed E-state index contributed by atoms with van der Waals surface area (Å²) in [6.45, 7) is 7.12. The summed E-state index contributed by atoms with van der Waals surface area (Å²) >= 11 is 0. The van der Waals surface area contributed by atoms with E-state index in [9.17, 15) is 4.79 Å². The average Bonchev–Trinajstić information content (AvgIpc) is 2.36. The molecule has 94 valence electrons. The summed E-state index contributed by atoms with van der Waals surface area (Å²) in [5, 5.41) is 3.34. The van der Waals surface area contributed by atoms with Crippen molar-refractivity contribution in [3.05, 3.63) is 0 Å². The van der Waals surface area contributed by atoms with Crippen LogP contribution in [0.3, 0.4) is 0 Å². The number of likely N-dealkylation sites (N-methyl/N-ethyl adjacent to an activating group) is 1. The number of amides is 1. The first-order chi connectivity index (χ1) is 7.74. The van der Waals surface area contributed by atoms with Crippen LogP contribution < -0.4 is 16.6 Å². The Balaban J connectivity index is 2.65. The Hall–Kier alpha value is -0.650. The number of carbonyl (C=O) groups is 1. The Kier molecular flexibility index (Phi) is 5.73. The minimum absolute atomic E-state index is 0.0668. The predicted octanol–water partition coefficient (Wildman–Crippen LogP) is -0.171. The number of rotatable bonds is 5. The second-order valence-electron chi connectivity index (χ2n) is 4.24. The van der Waals surface area contributed by atoms with Crippen molar-refractivity contribution in [3.63, 3.8) is 0 Å². The third-order valence-corrected chi connectivity index (χ3v) is 3.37. The zero-order valence-electron chi connectivity index (χ0n) is 10.3. The number of hydrogen-bond acceptors (Lipinski definition) is 4. The molecular weight excluding hydrogens is 204 g/mol. The SMILES string of the molecule is CCC(C(=O)NN)N(CC)C1CCNCC1. The molecule has 0 radical (unpaired) electrons. The van der Waals surface area contributed by atoms with E-state index >= 15 is 0 Å². The minimum atomic E-state index is -0.0851. The van der Waals surface area contributed by atoms with Crippen LogP contribution in [-0.2, 0) is 4.79 Å². The Labute approximate surface area is 97.7 Å². The molecule has 0 saturated carbocycles. The summed E-state index contributed by atoms with van der Waals surface area (Å²) in [6, 6.07) is 0.423. The summed E-state index contributed by atoms with van der Waals surface area (Å²) in [5.41, 5.74) is 2.27. The highest BCUT2D eigenvalue weighted by atomic mass is 16.2. The van der Waals surface area contributed by atoms with Gasteiger partial charge >= 0.3 is 0 Å². The van der Waals surface area contributed by atoms with Crippen molar-refractivity contribution in [2.24, 2.45) is 5.84 Å².